The molecule has 4 rings (SSSR count). The maximum atomic E-state index is 12.5. The number of anilines is 1. The van der Waals surface area contributed by atoms with Gasteiger partial charge in [0, 0.05) is 13.0 Å². The molecule has 28 heavy (non-hydrogen) atoms. The number of hydrogen-bond donors (Lipinski definition) is 0. The fraction of sp³-hybridized carbons (Fsp3) is 0.286. The summed E-state index contributed by atoms with van der Waals surface area (Å²) in [6.07, 6.45) is 0.135. The number of para-hydroxylation sites is 1. The topological polar surface area (TPSA) is 68.7 Å². The molecule has 6 nitrogen and oxygen atoms in total. The fourth-order valence-electron chi connectivity index (χ4n) is 3.34. The largest absolute Gasteiger partial charge is 0.495 e. The number of esters is 1. The Labute approximate surface area is 166 Å². The Morgan fingerprint density at radius 2 is 2.11 bits per heavy atom. The molecule has 3 aromatic rings. The number of rotatable bonds is 5. The molecule has 0 spiro atoms. The molecule has 7 heteroatoms. The lowest BCUT2D eigenvalue weighted by Gasteiger charge is -2.20. The average molecular weight is 396 g/mol. The Balaban J connectivity index is 1.43. The Hall–Kier alpha value is -2.93. The zero-order chi connectivity index (χ0) is 19.7. The average Bonchev–Trinajstić information content (AvgIpc) is 3.29. The van der Waals surface area contributed by atoms with Crippen LogP contribution in [0.25, 0.3) is 10.2 Å². The zero-order valence-electron chi connectivity index (χ0n) is 15.7. The summed E-state index contributed by atoms with van der Waals surface area (Å²) in [6.45, 7) is 2.36. The van der Waals surface area contributed by atoms with Crippen molar-refractivity contribution >= 4 is 39.1 Å². The van der Waals surface area contributed by atoms with Crippen molar-refractivity contribution in [3.05, 3.63) is 53.0 Å². The monoisotopic (exact) mass is 396 g/mol. The SMILES string of the molecule is COc1ccc(C)cc1N1C[C@H](C(=O)OCc2nc3ccccc3s2)CC1=O. The molecule has 0 aliphatic carbocycles. The molecule has 0 N–H and O–H groups in total. The van der Waals surface area contributed by atoms with Gasteiger partial charge in [-0.3, -0.25) is 9.59 Å². The number of aryl methyl sites for hydroxylation is 1. The van der Waals surface area contributed by atoms with Crippen LogP contribution < -0.4 is 9.64 Å². The summed E-state index contributed by atoms with van der Waals surface area (Å²) in [5.74, 6) is -0.359. The number of amides is 1. The van der Waals surface area contributed by atoms with Crippen LogP contribution in [0.4, 0.5) is 5.69 Å². The molecule has 0 radical (unpaired) electrons. The van der Waals surface area contributed by atoms with Crippen LogP contribution in [0.2, 0.25) is 0 Å². The van der Waals surface area contributed by atoms with Gasteiger partial charge in [0.15, 0.2) is 0 Å². The predicted molar refractivity (Wildman–Crippen MR) is 108 cm³/mol. The smallest absolute Gasteiger partial charge is 0.311 e. The number of hydrogen-bond acceptors (Lipinski definition) is 6. The molecule has 0 unspecified atom stereocenters. The van der Waals surface area contributed by atoms with E-state index >= 15 is 0 Å². The molecular formula is C21H20N2O4S. The molecule has 144 valence electrons. The van der Waals surface area contributed by atoms with Crippen LogP contribution in [0, 0.1) is 12.8 Å². The van der Waals surface area contributed by atoms with Crippen molar-refractivity contribution in [1.29, 1.82) is 0 Å². The minimum absolute atomic E-state index is 0.106. The molecule has 0 saturated carbocycles. The van der Waals surface area contributed by atoms with E-state index in [4.69, 9.17) is 9.47 Å². The fourth-order valence-corrected chi connectivity index (χ4v) is 4.22. The first-order valence-electron chi connectivity index (χ1n) is 9.01. The minimum atomic E-state index is -0.493. The lowest BCUT2D eigenvalue weighted by Crippen LogP contribution is -2.27. The summed E-state index contributed by atoms with van der Waals surface area (Å²) in [7, 11) is 1.57. The van der Waals surface area contributed by atoms with E-state index in [0.717, 1.165) is 20.8 Å². The van der Waals surface area contributed by atoms with E-state index in [2.05, 4.69) is 4.98 Å². The first-order valence-corrected chi connectivity index (χ1v) is 9.83. The predicted octanol–water partition coefficient (Wildman–Crippen LogP) is 3.71. The molecule has 0 bridgehead atoms. The van der Waals surface area contributed by atoms with Crippen molar-refractivity contribution in [2.45, 2.75) is 20.0 Å². The normalized spacial score (nSPS) is 16.6. The first-order chi connectivity index (χ1) is 13.5. The molecule has 1 fully saturated rings. The van der Waals surface area contributed by atoms with Crippen molar-refractivity contribution in [2.24, 2.45) is 5.92 Å². The van der Waals surface area contributed by atoms with Crippen LogP contribution in [0.1, 0.15) is 17.0 Å². The quantitative estimate of drug-likeness (QED) is 0.615. The second-order valence-corrected chi connectivity index (χ2v) is 7.88. The van der Waals surface area contributed by atoms with Crippen molar-refractivity contribution in [1.82, 2.24) is 4.98 Å². The van der Waals surface area contributed by atoms with Gasteiger partial charge in [-0.2, -0.15) is 0 Å². The molecule has 1 amide bonds. The first kappa shape index (κ1) is 18.4. The van der Waals surface area contributed by atoms with E-state index in [9.17, 15) is 9.59 Å². The Kier molecular flexibility index (Phi) is 5.00. The van der Waals surface area contributed by atoms with E-state index in [1.807, 2.05) is 49.4 Å². The lowest BCUT2D eigenvalue weighted by molar-refractivity contribution is -0.149. The van der Waals surface area contributed by atoms with E-state index in [1.54, 1.807) is 12.0 Å². The lowest BCUT2D eigenvalue weighted by atomic mass is 10.1. The third-order valence-electron chi connectivity index (χ3n) is 4.76. The second-order valence-electron chi connectivity index (χ2n) is 6.76. The molecule has 1 saturated heterocycles. The van der Waals surface area contributed by atoms with E-state index in [-0.39, 0.29) is 31.4 Å². The Morgan fingerprint density at radius 1 is 1.29 bits per heavy atom. The second kappa shape index (κ2) is 7.59. The van der Waals surface area contributed by atoms with E-state index < -0.39 is 5.92 Å². The highest BCUT2D eigenvalue weighted by Crippen LogP contribution is 2.34. The van der Waals surface area contributed by atoms with Gasteiger partial charge in [0.05, 0.1) is 28.9 Å². The number of carbonyl (C=O) groups excluding carboxylic acids is 2. The Bertz CT molecular complexity index is 1010. The number of ether oxygens (including phenoxy) is 2. The van der Waals surface area contributed by atoms with Gasteiger partial charge in [0.2, 0.25) is 5.91 Å². The van der Waals surface area contributed by atoms with Gasteiger partial charge in [-0.15, -0.1) is 11.3 Å². The summed E-state index contributed by atoms with van der Waals surface area (Å²) < 4.78 is 11.9. The number of thiazole rings is 1. The number of benzene rings is 2. The van der Waals surface area contributed by atoms with Crippen LogP contribution in [0.5, 0.6) is 5.75 Å². The number of fused-ring (bicyclic) bond motifs is 1. The molecule has 2 heterocycles. The number of aromatic nitrogens is 1. The zero-order valence-corrected chi connectivity index (χ0v) is 16.5. The summed E-state index contributed by atoms with van der Waals surface area (Å²) in [5.41, 5.74) is 2.60. The van der Waals surface area contributed by atoms with Gasteiger partial charge in [0.1, 0.15) is 17.4 Å². The minimum Gasteiger partial charge on any atom is -0.495 e. The van der Waals surface area contributed by atoms with Gasteiger partial charge in [-0.25, -0.2) is 4.98 Å². The maximum absolute atomic E-state index is 12.5. The molecule has 1 aliphatic heterocycles. The van der Waals surface area contributed by atoms with Crippen LogP contribution in [-0.2, 0) is 20.9 Å². The molecule has 1 aliphatic rings. The Morgan fingerprint density at radius 3 is 2.89 bits per heavy atom. The summed E-state index contributed by atoms with van der Waals surface area (Å²) >= 11 is 1.50. The summed E-state index contributed by atoms with van der Waals surface area (Å²) in [4.78, 5) is 31.1. The molecule has 2 aromatic carbocycles. The van der Waals surface area contributed by atoms with Gasteiger partial charge in [-0.05, 0) is 36.8 Å². The summed E-state index contributed by atoms with van der Waals surface area (Å²) in [5, 5.41) is 0.746. The van der Waals surface area contributed by atoms with Gasteiger partial charge >= 0.3 is 5.97 Å². The van der Waals surface area contributed by atoms with Crippen molar-refractivity contribution < 1.29 is 19.1 Å². The highest BCUT2D eigenvalue weighted by molar-refractivity contribution is 7.18. The maximum Gasteiger partial charge on any atom is 0.311 e. The highest BCUT2D eigenvalue weighted by Gasteiger charge is 2.37. The van der Waals surface area contributed by atoms with Gasteiger partial charge < -0.3 is 14.4 Å². The molecular weight excluding hydrogens is 376 g/mol. The molecule has 1 aromatic heterocycles. The highest BCUT2D eigenvalue weighted by atomic mass is 32.1. The number of methoxy groups -OCH3 is 1. The number of nitrogens with zero attached hydrogens (tertiary/aromatic N) is 2. The van der Waals surface area contributed by atoms with Crippen molar-refractivity contribution in [2.75, 3.05) is 18.6 Å². The standard InChI is InChI=1S/C21H20N2O4S/c1-13-7-8-17(26-2)16(9-13)23-11-14(10-20(23)24)21(25)27-12-19-22-15-5-3-4-6-18(15)28-19/h3-9,14H,10-12H2,1-2H3/t14-/m1/s1. The third-order valence-corrected chi connectivity index (χ3v) is 5.77. The van der Waals surface area contributed by atoms with Crippen LogP contribution in [-0.4, -0.2) is 30.5 Å². The van der Waals surface area contributed by atoms with Crippen LogP contribution in [0.15, 0.2) is 42.5 Å². The van der Waals surface area contributed by atoms with E-state index in [0.29, 0.717) is 11.4 Å². The molecule has 1 atom stereocenters. The number of carbonyl (C=O) groups is 2. The van der Waals surface area contributed by atoms with Gasteiger partial charge in [-0.1, -0.05) is 18.2 Å². The summed E-state index contributed by atoms with van der Waals surface area (Å²) in [6, 6.07) is 13.4. The van der Waals surface area contributed by atoms with Crippen LogP contribution in [0.3, 0.4) is 0 Å². The van der Waals surface area contributed by atoms with Crippen molar-refractivity contribution in [3.8, 4) is 5.75 Å². The van der Waals surface area contributed by atoms with E-state index in [1.165, 1.54) is 11.3 Å². The third kappa shape index (κ3) is 3.57. The van der Waals surface area contributed by atoms with Gasteiger partial charge in [0.25, 0.3) is 0 Å². The van der Waals surface area contributed by atoms with Crippen LogP contribution >= 0.6 is 11.3 Å². The van der Waals surface area contributed by atoms with Crippen molar-refractivity contribution in [3.63, 3.8) is 0 Å².